The van der Waals surface area contributed by atoms with Crippen LogP contribution in [0, 0.1) is 0 Å². The van der Waals surface area contributed by atoms with E-state index in [0.29, 0.717) is 5.69 Å². The summed E-state index contributed by atoms with van der Waals surface area (Å²) in [5.41, 5.74) is 2.80. The lowest BCUT2D eigenvalue weighted by Gasteiger charge is -2.31. The molecule has 1 aromatic rings. The monoisotopic (exact) mass is 302 g/mol. The van der Waals surface area contributed by atoms with Crippen LogP contribution in [0.4, 0.5) is 10.5 Å². The molecule has 1 aliphatic heterocycles. The molecule has 0 aromatic heterocycles. The highest BCUT2D eigenvalue weighted by Gasteiger charge is 2.37. The molecule has 0 bridgehead atoms. The molecule has 22 heavy (non-hydrogen) atoms. The Labute approximate surface area is 130 Å². The molecule has 1 heterocycles. The minimum Gasteiger partial charge on any atom is -0.274 e. The fraction of sp³-hybridized carbons (Fsp3) is 0.471. The van der Waals surface area contributed by atoms with E-state index in [9.17, 15) is 14.4 Å². The molecule has 0 unspecified atom stereocenters. The average Bonchev–Trinajstić information content (AvgIpc) is 2.48. The molecule has 118 valence electrons. The fourth-order valence-corrected chi connectivity index (χ4v) is 2.70. The summed E-state index contributed by atoms with van der Waals surface area (Å²) in [7, 11) is 1.41. The Balaban J connectivity index is 2.43. The minimum atomic E-state index is -0.568. The van der Waals surface area contributed by atoms with Crippen molar-refractivity contribution < 1.29 is 14.4 Å². The lowest BCUT2D eigenvalue weighted by atomic mass is 10.0. The summed E-state index contributed by atoms with van der Waals surface area (Å²) in [4.78, 5) is 38.3. The first-order valence-electron chi connectivity index (χ1n) is 7.74. The Morgan fingerprint density at radius 1 is 1.00 bits per heavy atom. The number of barbiturate groups is 1. The van der Waals surface area contributed by atoms with Crippen LogP contribution in [-0.2, 0) is 22.4 Å². The van der Waals surface area contributed by atoms with Gasteiger partial charge >= 0.3 is 6.03 Å². The maximum atomic E-state index is 12.3. The smallest absolute Gasteiger partial charge is 0.274 e. The first-order valence-corrected chi connectivity index (χ1v) is 7.74. The van der Waals surface area contributed by atoms with Gasteiger partial charge in [0.15, 0.2) is 0 Å². The summed E-state index contributed by atoms with van der Waals surface area (Å²) in [6, 6.07) is 5.28. The number of hydrogen-bond donors (Lipinski definition) is 0. The predicted molar refractivity (Wildman–Crippen MR) is 84.7 cm³/mol. The van der Waals surface area contributed by atoms with Crippen LogP contribution < -0.4 is 4.90 Å². The molecule has 1 aliphatic rings. The van der Waals surface area contributed by atoms with Gasteiger partial charge in [-0.2, -0.15) is 0 Å². The number of imide groups is 2. The van der Waals surface area contributed by atoms with Crippen molar-refractivity contribution in [2.75, 3.05) is 11.9 Å². The third-order valence-corrected chi connectivity index (χ3v) is 3.85. The number of benzene rings is 1. The van der Waals surface area contributed by atoms with E-state index in [0.717, 1.165) is 41.0 Å². The highest BCUT2D eigenvalue weighted by atomic mass is 16.2. The van der Waals surface area contributed by atoms with Crippen molar-refractivity contribution in [3.63, 3.8) is 0 Å². The average molecular weight is 302 g/mol. The molecule has 5 heteroatoms. The zero-order valence-electron chi connectivity index (χ0n) is 13.4. The third-order valence-electron chi connectivity index (χ3n) is 3.85. The lowest BCUT2D eigenvalue weighted by molar-refractivity contribution is -0.134. The molecule has 2 rings (SSSR count). The van der Waals surface area contributed by atoms with Gasteiger partial charge in [-0.25, -0.2) is 9.69 Å². The van der Waals surface area contributed by atoms with Crippen molar-refractivity contribution in [2.45, 2.75) is 46.0 Å². The number of nitrogens with zero attached hydrogens (tertiary/aromatic N) is 2. The van der Waals surface area contributed by atoms with Crippen LogP contribution in [0.5, 0.6) is 0 Å². The molecule has 4 amide bonds. The van der Waals surface area contributed by atoms with Gasteiger partial charge in [0.25, 0.3) is 0 Å². The zero-order chi connectivity index (χ0) is 16.3. The van der Waals surface area contributed by atoms with E-state index in [4.69, 9.17) is 0 Å². The molecule has 0 aliphatic carbocycles. The largest absolute Gasteiger partial charge is 0.337 e. The Kier molecular flexibility index (Phi) is 4.96. The van der Waals surface area contributed by atoms with E-state index in [1.165, 1.54) is 12.6 Å². The summed E-state index contributed by atoms with van der Waals surface area (Å²) >= 11 is 0. The van der Waals surface area contributed by atoms with Crippen LogP contribution in [0.15, 0.2) is 18.2 Å². The van der Waals surface area contributed by atoms with E-state index in [1.54, 1.807) is 0 Å². The topological polar surface area (TPSA) is 57.7 Å². The quantitative estimate of drug-likeness (QED) is 0.786. The molecule has 1 fully saturated rings. The predicted octanol–water partition coefficient (Wildman–Crippen LogP) is 2.91. The summed E-state index contributed by atoms with van der Waals surface area (Å²) in [6.07, 6.45) is 3.47. The van der Waals surface area contributed by atoms with Crippen molar-refractivity contribution in [1.29, 1.82) is 0 Å². The summed E-state index contributed by atoms with van der Waals surface area (Å²) in [6.45, 7) is 4.18. The van der Waals surface area contributed by atoms with E-state index < -0.39 is 17.8 Å². The van der Waals surface area contributed by atoms with Crippen LogP contribution in [0.25, 0.3) is 0 Å². The van der Waals surface area contributed by atoms with E-state index in [1.807, 2.05) is 12.1 Å². The number of aryl methyl sites for hydroxylation is 2. The van der Waals surface area contributed by atoms with Crippen molar-refractivity contribution in [3.05, 3.63) is 29.3 Å². The van der Waals surface area contributed by atoms with Crippen LogP contribution >= 0.6 is 0 Å². The number of anilines is 1. The van der Waals surface area contributed by atoms with Crippen molar-refractivity contribution in [3.8, 4) is 0 Å². The van der Waals surface area contributed by atoms with E-state index >= 15 is 0 Å². The molecule has 0 radical (unpaired) electrons. The van der Waals surface area contributed by atoms with Gasteiger partial charge in [0.1, 0.15) is 6.42 Å². The highest BCUT2D eigenvalue weighted by molar-refractivity contribution is 6.26. The van der Waals surface area contributed by atoms with Gasteiger partial charge in [0.05, 0.1) is 5.69 Å². The Morgan fingerprint density at radius 3 is 2.32 bits per heavy atom. The van der Waals surface area contributed by atoms with Crippen LogP contribution in [0.1, 0.15) is 44.2 Å². The number of carbonyl (C=O) groups is 3. The van der Waals surface area contributed by atoms with Crippen molar-refractivity contribution in [2.24, 2.45) is 0 Å². The fourth-order valence-electron chi connectivity index (χ4n) is 2.70. The molecule has 1 saturated heterocycles. The lowest BCUT2D eigenvalue weighted by Crippen LogP contribution is -2.53. The second kappa shape index (κ2) is 6.73. The normalized spacial score (nSPS) is 15.7. The second-order valence-corrected chi connectivity index (χ2v) is 5.60. The van der Waals surface area contributed by atoms with Crippen LogP contribution in [0.3, 0.4) is 0 Å². The van der Waals surface area contributed by atoms with Gasteiger partial charge in [0, 0.05) is 7.05 Å². The summed E-state index contributed by atoms with van der Waals surface area (Å²) in [5.74, 6) is -0.903. The Morgan fingerprint density at radius 2 is 1.68 bits per heavy atom. The van der Waals surface area contributed by atoms with Gasteiger partial charge in [-0.05, 0) is 30.0 Å². The Hall–Kier alpha value is -2.17. The van der Waals surface area contributed by atoms with Gasteiger partial charge < -0.3 is 0 Å². The van der Waals surface area contributed by atoms with Crippen LogP contribution in [0.2, 0.25) is 0 Å². The summed E-state index contributed by atoms with van der Waals surface area (Å²) < 4.78 is 0. The maximum Gasteiger partial charge on any atom is 0.337 e. The summed E-state index contributed by atoms with van der Waals surface area (Å²) in [5, 5.41) is 0. The first-order chi connectivity index (χ1) is 10.5. The molecule has 0 N–H and O–H groups in total. The molecule has 0 spiro atoms. The molecule has 5 nitrogen and oxygen atoms in total. The first kappa shape index (κ1) is 16.2. The number of rotatable bonds is 5. The zero-order valence-corrected chi connectivity index (χ0v) is 13.4. The van der Waals surface area contributed by atoms with Crippen molar-refractivity contribution in [1.82, 2.24) is 4.90 Å². The van der Waals surface area contributed by atoms with Gasteiger partial charge in [-0.15, -0.1) is 0 Å². The third kappa shape index (κ3) is 3.03. The molecule has 0 saturated carbocycles. The molecular weight excluding hydrogens is 280 g/mol. The SMILES string of the molecule is CCCc1ccc(N2C(=O)CC(=O)N(C)C2=O)c(CCC)c1. The number of carbonyl (C=O) groups excluding carboxylic acids is 3. The van der Waals surface area contributed by atoms with E-state index in [-0.39, 0.29) is 6.42 Å². The highest BCUT2D eigenvalue weighted by Crippen LogP contribution is 2.28. The van der Waals surface area contributed by atoms with Gasteiger partial charge in [-0.1, -0.05) is 38.8 Å². The van der Waals surface area contributed by atoms with Gasteiger partial charge in [0.2, 0.25) is 11.8 Å². The number of hydrogen-bond acceptors (Lipinski definition) is 3. The Bertz CT molecular complexity index is 610. The maximum absolute atomic E-state index is 12.3. The van der Waals surface area contributed by atoms with E-state index in [2.05, 4.69) is 19.9 Å². The van der Waals surface area contributed by atoms with Crippen molar-refractivity contribution >= 4 is 23.5 Å². The molecule has 0 atom stereocenters. The van der Waals surface area contributed by atoms with Gasteiger partial charge in [-0.3, -0.25) is 14.5 Å². The molecular formula is C17H22N2O3. The molecule has 1 aromatic carbocycles. The minimum absolute atomic E-state index is 0.259. The van der Waals surface area contributed by atoms with Crippen LogP contribution in [-0.4, -0.2) is 29.8 Å². The number of amides is 4. The number of urea groups is 1. The second-order valence-electron chi connectivity index (χ2n) is 5.60. The standard InChI is InChI=1S/C17H22N2O3/c1-4-6-12-8-9-14(13(10-12)7-5-2)19-16(21)11-15(20)18(3)17(19)22/h8-10H,4-7,11H2,1-3H3.